The van der Waals surface area contributed by atoms with E-state index in [-0.39, 0.29) is 17.7 Å². The van der Waals surface area contributed by atoms with Gasteiger partial charge in [0, 0.05) is 24.9 Å². The molecule has 1 aromatic carbocycles. The monoisotopic (exact) mass is 370 g/mol. The number of hydrogen-bond acceptors (Lipinski definition) is 4. The number of benzene rings is 1. The molecule has 9 heteroatoms. The summed E-state index contributed by atoms with van der Waals surface area (Å²) in [6, 6.07) is 5.12. The molecular formula is C16H20F2N4O2S. The van der Waals surface area contributed by atoms with Gasteiger partial charge in [-0.2, -0.15) is 0 Å². The predicted octanol–water partition coefficient (Wildman–Crippen LogP) is 2.55. The van der Waals surface area contributed by atoms with Crippen molar-refractivity contribution in [2.24, 2.45) is 0 Å². The molecule has 0 unspecified atom stereocenters. The first-order valence-electron chi connectivity index (χ1n) is 8.12. The fourth-order valence-corrected chi connectivity index (χ4v) is 4.54. The molecule has 0 aliphatic heterocycles. The molecular weight excluding hydrogens is 350 g/mol. The van der Waals surface area contributed by atoms with Crippen LogP contribution >= 0.6 is 0 Å². The fraction of sp³-hybridized carbons (Fsp3) is 0.500. The van der Waals surface area contributed by atoms with Crippen molar-refractivity contribution in [1.29, 1.82) is 0 Å². The van der Waals surface area contributed by atoms with Gasteiger partial charge in [-0.25, -0.2) is 21.9 Å². The summed E-state index contributed by atoms with van der Waals surface area (Å²) in [5, 5.41) is 7.28. The second-order valence-electron chi connectivity index (χ2n) is 6.38. The van der Waals surface area contributed by atoms with Crippen molar-refractivity contribution in [1.82, 2.24) is 19.5 Å². The Balaban J connectivity index is 1.80. The topological polar surface area (TPSA) is 76.9 Å². The zero-order valence-electron chi connectivity index (χ0n) is 13.8. The molecule has 1 heterocycles. The van der Waals surface area contributed by atoms with Crippen LogP contribution in [0.5, 0.6) is 0 Å². The van der Waals surface area contributed by atoms with Gasteiger partial charge >= 0.3 is 0 Å². The number of halogens is 2. The summed E-state index contributed by atoms with van der Waals surface area (Å²) >= 11 is 0. The third-order valence-corrected chi connectivity index (χ3v) is 5.95. The van der Waals surface area contributed by atoms with Crippen LogP contribution in [-0.4, -0.2) is 35.1 Å². The van der Waals surface area contributed by atoms with E-state index >= 15 is 0 Å². The highest BCUT2D eigenvalue weighted by Gasteiger charge is 2.43. The van der Waals surface area contributed by atoms with Crippen molar-refractivity contribution < 1.29 is 17.2 Å². The molecule has 0 saturated heterocycles. The molecule has 2 aromatic rings. The van der Waals surface area contributed by atoms with Gasteiger partial charge in [-0.05, 0) is 30.5 Å². The number of nitrogens with zero attached hydrogens (tertiary/aromatic N) is 3. The van der Waals surface area contributed by atoms with Gasteiger partial charge in [0.1, 0.15) is 12.7 Å². The Kier molecular flexibility index (Phi) is 4.88. The first-order valence-corrected chi connectivity index (χ1v) is 9.60. The zero-order chi connectivity index (χ0) is 18.1. The lowest BCUT2D eigenvalue weighted by molar-refractivity contribution is -0.0577. The van der Waals surface area contributed by atoms with Crippen LogP contribution in [0.2, 0.25) is 0 Å². The molecule has 0 amide bonds. The lowest BCUT2D eigenvalue weighted by Gasteiger charge is -2.35. The van der Waals surface area contributed by atoms with Gasteiger partial charge in [-0.15, -0.1) is 10.2 Å². The Morgan fingerprint density at radius 3 is 2.68 bits per heavy atom. The number of alkyl halides is 2. The van der Waals surface area contributed by atoms with Gasteiger partial charge < -0.3 is 4.57 Å². The minimum atomic E-state index is -3.86. The maximum atomic E-state index is 14.1. The molecule has 0 radical (unpaired) electrons. The van der Waals surface area contributed by atoms with E-state index in [9.17, 15) is 17.2 Å². The number of sulfonamides is 1. The van der Waals surface area contributed by atoms with Gasteiger partial charge in [0.25, 0.3) is 5.92 Å². The maximum absolute atomic E-state index is 14.1. The molecule has 1 fully saturated rings. The van der Waals surface area contributed by atoms with Crippen LogP contribution in [0.25, 0.3) is 0 Å². The summed E-state index contributed by atoms with van der Waals surface area (Å²) in [6.45, 7) is 1.92. The van der Waals surface area contributed by atoms with Gasteiger partial charge in [0.15, 0.2) is 0 Å². The summed E-state index contributed by atoms with van der Waals surface area (Å²) in [5.74, 6) is -2.95. The van der Waals surface area contributed by atoms with E-state index in [1.54, 1.807) is 12.1 Å². The first kappa shape index (κ1) is 17.9. The Hall–Kier alpha value is -1.87. The molecule has 0 bridgehead atoms. The highest BCUT2D eigenvalue weighted by atomic mass is 32.2. The van der Waals surface area contributed by atoms with Crippen LogP contribution in [0.4, 0.5) is 8.78 Å². The first-order chi connectivity index (χ1) is 11.8. The minimum Gasteiger partial charge on any atom is -0.317 e. The third-order valence-electron chi connectivity index (χ3n) is 4.43. The number of nitrogens with one attached hydrogen (secondary N) is 1. The summed E-state index contributed by atoms with van der Waals surface area (Å²) in [4.78, 5) is 0.0987. The molecule has 0 spiro atoms. The van der Waals surface area contributed by atoms with Crippen molar-refractivity contribution in [2.45, 2.75) is 55.5 Å². The van der Waals surface area contributed by atoms with E-state index < -0.39 is 34.5 Å². The quantitative estimate of drug-likeness (QED) is 0.878. The van der Waals surface area contributed by atoms with Crippen LogP contribution in [0.1, 0.15) is 37.8 Å². The zero-order valence-corrected chi connectivity index (χ0v) is 14.6. The van der Waals surface area contributed by atoms with E-state index in [0.717, 1.165) is 5.56 Å². The SMILES string of the molecule is CCc1cccc(S(=O)(=O)N[C@@H]2C[C@H](n3cnnc3)CC(F)(F)C2)c1. The van der Waals surface area contributed by atoms with Crippen molar-refractivity contribution in [3.63, 3.8) is 0 Å². The molecule has 1 aromatic heterocycles. The van der Waals surface area contributed by atoms with Gasteiger partial charge in [-0.3, -0.25) is 0 Å². The van der Waals surface area contributed by atoms with Crippen molar-refractivity contribution in [3.8, 4) is 0 Å². The lowest BCUT2D eigenvalue weighted by Crippen LogP contribution is -2.45. The van der Waals surface area contributed by atoms with Crippen LogP contribution < -0.4 is 4.72 Å². The number of aryl methyl sites for hydroxylation is 1. The Bertz CT molecular complexity index is 824. The van der Waals surface area contributed by atoms with Crippen molar-refractivity contribution >= 4 is 10.0 Å². The van der Waals surface area contributed by atoms with Crippen molar-refractivity contribution in [2.75, 3.05) is 0 Å². The van der Waals surface area contributed by atoms with Crippen LogP contribution in [0.3, 0.4) is 0 Å². The number of aromatic nitrogens is 3. The van der Waals surface area contributed by atoms with E-state index in [1.165, 1.54) is 23.3 Å². The lowest BCUT2D eigenvalue weighted by atomic mass is 9.88. The molecule has 1 aliphatic carbocycles. The van der Waals surface area contributed by atoms with Crippen LogP contribution in [0.15, 0.2) is 41.8 Å². The molecule has 1 N–H and O–H groups in total. The summed E-state index contributed by atoms with van der Waals surface area (Å²) in [7, 11) is -3.86. The normalized spacial score (nSPS) is 23.5. The maximum Gasteiger partial charge on any atom is 0.251 e. The summed E-state index contributed by atoms with van der Waals surface area (Å²) in [6.07, 6.45) is 2.85. The summed E-state index contributed by atoms with van der Waals surface area (Å²) < 4.78 is 57.3. The molecule has 25 heavy (non-hydrogen) atoms. The molecule has 3 rings (SSSR count). The second-order valence-corrected chi connectivity index (χ2v) is 8.10. The highest BCUT2D eigenvalue weighted by Crippen LogP contribution is 2.39. The molecule has 1 aliphatic rings. The smallest absolute Gasteiger partial charge is 0.251 e. The van der Waals surface area contributed by atoms with Gasteiger partial charge in [0.2, 0.25) is 10.0 Å². The largest absolute Gasteiger partial charge is 0.317 e. The molecule has 1 saturated carbocycles. The van der Waals surface area contributed by atoms with Crippen molar-refractivity contribution in [3.05, 3.63) is 42.5 Å². The van der Waals surface area contributed by atoms with E-state index in [1.807, 2.05) is 13.0 Å². The summed E-state index contributed by atoms with van der Waals surface area (Å²) in [5.41, 5.74) is 0.874. The van der Waals surface area contributed by atoms with E-state index in [2.05, 4.69) is 14.9 Å². The fourth-order valence-electron chi connectivity index (χ4n) is 3.22. The average molecular weight is 370 g/mol. The third kappa shape index (κ3) is 4.21. The Morgan fingerprint density at radius 2 is 2.00 bits per heavy atom. The Morgan fingerprint density at radius 1 is 1.28 bits per heavy atom. The average Bonchev–Trinajstić information content (AvgIpc) is 3.07. The van der Waals surface area contributed by atoms with Gasteiger partial charge in [-0.1, -0.05) is 19.1 Å². The minimum absolute atomic E-state index is 0.0987. The number of hydrogen-bond donors (Lipinski definition) is 1. The van der Waals surface area contributed by atoms with E-state index in [0.29, 0.717) is 6.42 Å². The Labute approximate surface area is 145 Å². The highest BCUT2D eigenvalue weighted by molar-refractivity contribution is 7.89. The predicted molar refractivity (Wildman–Crippen MR) is 87.8 cm³/mol. The molecule has 136 valence electrons. The molecule has 6 nitrogen and oxygen atoms in total. The van der Waals surface area contributed by atoms with Crippen LogP contribution in [-0.2, 0) is 16.4 Å². The number of rotatable bonds is 5. The van der Waals surface area contributed by atoms with E-state index in [4.69, 9.17) is 0 Å². The molecule has 2 atom stereocenters. The standard InChI is InChI=1S/C16H20F2N4O2S/c1-2-12-4-3-5-15(6-12)25(23,24)21-13-7-14(9-16(17,18)8-13)22-10-19-20-11-22/h3-6,10-11,13-14,21H,2,7-9H2,1H3/t13-,14+/m1/s1. The van der Waals surface area contributed by atoms with Gasteiger partial charge in [0.05, 0.1) is 4.90 Å². The second kappa shape index (κ2) is 6.80. The van der Waals surface area contributed by atoms with Crippen LogP contribution in [0, 0.1) is 0 Å².